The summed E-state index contributed by atoms with van der Waals surface area (Å²) in [5, 5.41) is 0. The molecule has 2 rings (SSSR count). The van der Waals surface area contributed by atoms with Gasteiger partial charge in [-0.3, -0.25) is 4.79 Å². The maximum absolute atomic E-state index is 12.5. The molecule has 0 spiro atoms. The van der Waals surface area contributed by atoms with Crippen molar-refractivity contribution < 1.29 is 9.53 Å². The number of halogens is 1. The third kappa shape index (κ3) is 5.14. The first-order valence-electron chi connectivity index (χ1n) is 7.43. The molecule has 0 unspecified atom stereocenters. The molecule has 0 atom stereocenters. The van der Waals surface area contributed by atoms with Gasteiger partial charge < -0.3 is 9.64 Å². The Hall–Kier alpha value is -2.26. The number of carbonyl (C=O) groups excluding carboxylic acids is 1. The molecule has 0 saturated heterocycles. The second kappa shape index (κ2) is 9.14. The third-order valence-electron chi connectivity index (χ3n) is 3.27. The predicted molar refractivity (Wildman–Crippen MR) is 105 cm³/mol. The van der Waals surface area contributed by atoms with Gasteiger partial charge in [0.25, 0.3) is 5.91 Å². The highest BCUT2D eigenvalue weighted by atomic mass is 127. The van der Waals surface area contributed by atoms with E-state index in [-0.39, 0.29) is 12.5 Å². The van der Waals surface area contributed by atoms with Gasteiger partial charge in [0.05, 0.1) is 10.1 Å². The molecule has 0 fully saturated rings. The summed E-state index contributed by atoms with van der Waals surface area (Å²) in [5.74, 6) is 3.22. The summed E-state index contributed by atoms with van der Waals surface area (Å²) in [4.78, 5) is 14.1. The lowest BCUT2D eigenvalue weighted by molar-refractivity contribution is 0.0787. The standard InChI is InChI=1S/C20H18INO2/c1-3-13-22(20(23)17-9-5-4-6-10-17)14-16(2)15-24-19-12-8-7-11-18(19)21/h1,4-12H,2,13-15H2. The van der Waals surface area contributed by atoms with Crippen molar-refractivity contribution in [2.45, 2.75) is 0 Å². The molecule has 24 heavy (non-hydrogen) atoms. The number of benzene rings is 2. The fraction of sp³-hybridized carbons (Fsp3) is 0.150. The van der Waals surface area contributed by atoms with E-state index in [0.29, 0.717) is 18.7 Å². The maximum atomic E-state index is 12.5. The molecule has 122 valence electrons. The van der Waals surface area contributed by atoms with E-state index in [1.807, 2.05) is 42.5 Å². The third-order valence-corrected chi connectivity index (χ3v) is 4.16. The Kier molecular flexibility index (Phi) is 6.89. The van der Waals surface area contributed by atoms with Gasteiger partial charge >= 0.3 is 0 Å². The number of amides is 1. The van der Waals surface area contributed by atoms with Gasteiger partial charge in [0, 0.05) is 12.1 Å². The molecule has 0 N–H and O–H groups in total. The van der Waals surface area contributed by atoms with Gasteiger partial charge in [0.1, 0.15) is 12.4 Å². The lowest BCUT2D eigenvalue weighted by Gasteiger charge is -2.22. The SMILES string of the molecule is C#CCN(CC(=C)COc1ccccc1I)C(=O)c1ccccc1. The first-order chi connectivity index (χ1) is 11.6. The summed E-state index contributed by atoms with van der Waals surface area (Å²) in [5.41, 5.74) is 1.40. The lowest BCUT2D eigenvalue weighted by atomic mass is 10.2. The van der Waals surface area contributed by atoms with Crippen molar-refractivity contribution in [3.8, 4) is 18.1 Å². The van der Waals surface area contributed by atoms with Crippen LogP contribution < -0.4 is 4.74 Å². The second-order valence-corrected chi connectivity index (χ2v) is 6.36. The highest BCUT2D eigenvalue weighted by Gasteiger charge is 2.15. The zero-order chi connectivity index (χ0) is 17.4. The van der Waals surface area contributed by atoms with Crippen molar-refractivity contribution in [2.24, 2.45) is 0 Å². The van der Waals surface area contributed by atoms with Gasteiger partial charge in [0.2, 0.25) is 0 Å². The first-order valence-corrected chi connectivity index (χ1v) is 8.51. The average Bonchev–Trinajstić information content (AvgIpc) is 2.61. The number of hydrogen-bond donors (Lipinski definition) is 0. The van der Waals surface area contributed by atoms with Crippen molar-refractivity contribution in [3.63, 3.8) is 0 Å². The molecule has 1 amide bonds. The Balaban J connectivity index is 1.97. The zero-order valence-corrected chi connectivity index (χ0v) is 15.4. The van der Waals surface area contributed by atoms with Crippen LogP contribution in [-0.4, -0.2) is 30.5 Å². The minimum atomic E-state index is -0.107. The minimum Gasteiger partial charge on any atom is -0.488 e. The van der Waals surface area contributed by atoms with Crippen LogP contribution in [0, 0.1) is 15.9 Å². The van der Waals surface area contributed by atoms with Crippen molar-refractivity contribution in [3.05, 3.63) is 75.9 Å². The molecule has 0 saturated carbocycles. The molecule has 2 aromatic rings. The molecule has 0 aliphatic carbocycles. The molecule has 4 heteroatoms. The Labute approximate surface area is 156 Å². The number of ether oxygens (including phenoxy) is 1. The topological polar surface area (TPSA) is 29.5 Å². The quantitative estimate of drug-likeness (QED) is 0.377. The number of carbonyl (C=O) groups is 1. The number of para-hydroxylation sites is 1. The highest BCUT2D eigenvalue weighted by molar-refractivity contribution is 14.1. The largest absolute Gasteiger partial charge is 0.488 e. The normalized spacial score (nSPS) is 9.83. The van der Waals surface area contributed by atoms with Gasteiger partial charge in [-0.2, -0.15) is 0 Å². The average molecular weight is 431 g/mol. The van der Waals surface area contributed by atoms with E-state index in [0.717, 1.165) is 14.9 Å². The Morgan fingerprint density at radius 3 is 2.50 bits per heavy atom. The van der Waals surface area contributed by atoms with Crippen molar-refractivity contribution in [1.29, 1.82) is 0 Å². The maximum Gasteiger partial charge on any atom is 0.254 e. The zero-order valence-electron chi connectivity index (χ0n) is 13.2. The van der Waals surface area contributed by atoms with Crippen LogP contribution in [0.25, 0.3) is 0 Å². The van der Waals surface area contributed by atoms with E-state index in [2.05, 4.69) is 35.1 Å². The van der Waals surface area contributed by atoms with Crippen LogP contribution in [0.1, 0.15) is 10.4 Å². The number of rotatable bonds is 7. The van der Waals surface area contributed by atoms with Crippen LogP contribution >= 0.6 is 22.6 Å². The number of nitrogens with zero attached hydrogens (tertiary/aromatic N) is 1. The smallest absolute Gasteiger partial charge is 0.254 e. The predicted octanol–water partition coefficient (Wildman–Crippen LogP) is 4.00. The van der Waals surface area contributed by atoms with Gasteiger partial charge in [-0.25, -0.2) is 0 Å². The Morgan fingerprint density at radius 1 is 1.17 bits per heavy atom. The van der Waals surface area contributed by atoms with E-state index in [1.165, 1.54) is 0 Å². The van der Waals surface area contributed by atoms with E-state index >= 15 is 0 Å². The van der Waals surface area contributed by atoms with E-state index in [1.54, 1.807) is 17.0 Å². The van der Waals surface area contributed by atoms with Crippen LogP contribution in [0.5, 0.6) is 5.75 Å². The van der Waals surface area contributed by atoms with Gasteiger partial charge in [-0.15, -0.1) is 6.42 Å². The number of terminal acetylenes is 1. The van der Waals surface area contributed by atoms with E-state index in [9.17, 15) is 4.79 Å². The van der Waals surface area contributed by atoms with Crippen molar-refractivity contribution in [1.82, 2.24) is 4.90 Å². The minimum absolute atomic E-state index is 0.107. The van der Waals surface area contributed by atoms with Gasteiger partial charge in [-0.1, -0.05) is 42.8 Å². The fourth-order valence-corrected chi connectivity index (χ4v) is 2.67. The summed E-state index contributed by atoms with van der Waals surface area (Å²) in [6.07, 6.45) is 5.40. The summed E-state index contributed by atoms with van der Waals surface area (Å²) in [6, 6.07) is 16.8. The monoisotopic (exact) mass is 431 g/mol. The van der Waals surface area contributed by atoms with Gasteiger partial charge in [0.15, 0.2) is 0 Å². The molecular weight excluding hydrogens is 413 g/mol. The summed E-state index contributed by atoms with van der Waals surface area (Å²) < 4.78 is 6.80. The van der Waals surface area contributed by atoms with Gasteiger partial charge in [-0.05, 0) is 52.4 Å². The molecular formula is C20H18INO2. The molecule has 0 heterocycles. The second-order valence-electron chi connectivity index (χ2n) is 5.20. The summed E-state index contributed by atoms with van der Waals surface area (Å²) in [7, 11) is 0. The van der Waals surface area contributed by atoms with Crippen LogP contribution in [0.3, 0.4) is 0 Å². The fourth-order valence-electron chi connectivity index (χ4n) is 2.13. The molecule has 3 nitrogen and oxygen atoms in total. The molecule has 0 aliphatic rings. The Bertz CT molecular complexity index is 750. The summed E-state index contributed by atoms with van der Waals surface area (Å²) >= 11 is 2.22. The molecule has 0 aliphatic heterocycles. The van der Waals surface area contributed by atoms with Crippen molar-refractivity contribution >= 4 is 28.5 Å². The summed E-state index contributed by atoms with van der Waals surface area (Å²) in [6.45, 7) is 4.94. The van der Waals surface area contributed by atoms with Crippen LogP contribution in [0.2, 0.25) is 0 Å². The first kappa shape index (κ1) is 18.1. The molecule has 0 radical (unpaired) electrons. The van der Waals surface area contributed by atoms with Crippen LogP contribution in [0.15, 0.2) is 66.7 Å². The van der Waals surface area contributed by atoms with Crippen LogP contribution in [-0.2, 0) is 0 Å². The van der Waals surface area contributed by atoms with Crippen LogP contribution in [0.4, 0.5) is 0 Å². The van der Waals surface area contributed by atoms with Crippen molar-refractivity contribution in [2.75, 3.05) is 19.7 Å². The molecule has 2 aromatic carbocycles. The highest BCUT2D eigenvalue weighted by Crippen LogP contribution is 2.20. The Morgan fingerprint density at radius 2 is 1.83 bits per heavy atom. The van der Waals surface area contributed by atoms with E-state index < -0.39 is 0 Å². The molecule has 0 aromatic heterocycles. The number of hydrogen-bond acceptors (Lipinski definition) is 2. The van der Waals surface area contributed by atoms with E-state index in [4.69, 9.17) is 11.2 Å². The lowest BCUT2D eigenvalue weighted by Crippen LogP contribution is -2.34. The molecule has 0 bridgehead atoms.